The number of nitrogens with zero attached hydrogens (tertiary/aromatic N) is 5. The Hall–Kier alpha value is -3.44. The molecule has 50 heavy (non-hydrogen) atoms. The van der Waals surface area contributed by atoms with E-state index in [2.05, 4.69) is 20.9 Å². The van der Waals surface area contributed by atoms with Gasteiger partial charge in [0, 0.05) is 51.1 Å². The summed E-state index contributed by atoms with van der Waals surface area (Å²) in [6.45, 7) is 0.774. The number of carbonyl (C=O) groups excluding carboxylic acids is 3. The van der Waals surface area contributed by atoms with Gasteiger partial charge < -0.3 is 30.5 Å². The minimum atomic E-state index is -3.38. The first-order valence-corrected chi connectivity index (χ1v) is 19.6. The molecule has 4 N–H and O–H groups in total. The SMILES string of the molecule is CS(=O)(=O)c1ccc(CN2C[C@H]3C[C@H]2C(=O)N2C[C@@H](n4cc(CC5CCCCC5)nn4)C[C@H]2C(=O)NC[C@H]2O[C@@H](CC(=O)N3)[C@H](O)[C@@H]2O)cc1. The fourth-order valence-electron chi connectivity index (χ4n) is 8.43. The molecule has 3 amide bonds. The van der Waals surface area contributed by atoms with E-state index in [-0.39, 0.29) is 48.7 Å². The molecule has 4 aliphatic heterocycles. The molecule has 0 unspecified atom stereocenters. The van der Waals surface area contributed by atoms with Crippen molar-refractivity contribution in [2.75, 3.05) is 25.9 Å². The van der Waals surface area contributed by atoms with Crippen LogP contribution in [0.4, 0.5) is 0 Å². The van der Waals surface area contributed by atoms with Gasteiger partial charge in [-0.25, -0.2) is 13.1 Å². The molecule has 272 valence electrons. The fraction of sp³-hybridized carbons (Fsp3) is 0.676. The average Bonchev–Trinajstić information content (AvgIpc) is 3.87. The summed E-state index contributed by atoms with van der Waals surface area (Å²) < 4.78 is 31.7. The van der Waals surface area contributed by atoms with Crippen LogP contribution in [0.15, 0.2) is 35.4 Å². The Morgan fingerprint density at radius 3 is 2.44 bits per heavy atom. The normalized spacial score (nSPS) is 33.1. The molecule has 1 aromatic carbocycles. The Bertz CT molecular complexity index is 1680. The van der Waals surface area contributed by atoms with E-state index in [0.29, 0.717) is 25.4 Å². The number of carbonyl (C=O) groups is 3. The summed E-state index contributed by atoms with van der Waals surface area (Å²) in [4.78, 5) is 45.3. The van der Waals surface area contributed by atoms with Crippen LogP contribution in [0.25, 0.3) is 0 Å². The lowest BCUT2D eigenvalue weighted by Gasteiger charge is -2.31. The van der Waals surface area contributed by atoms with Gasteiger partial charge in [0.25, 0.3) is 0 Å². The van der Waals surface area contributed by atoms with Gasteiger partial charge in [-0.15, -0.1) is 5.10 Å². The Morgan fingerprint density at radius 2 is 1.70 bits per heavy atom. The second kappa shape index (κ2) is 14.3. The van der Waals surface area contributed by atoms with Crippen LogP contribution in [0, 0.1) is 5.92 Å². The lowest BCUT2D eigenvalue weighted by Crippen LogP contribution is -2.53. The summed E-state index contributed by atoms with van der Waals surface area (Å²) in [6, 6.07) is 4.28. The maximum Gasteiger partial charge on any atom is 0.242 e. The second-order valence-corrected chi connectivity index (χ2v) is 16.8. The quantitative estimate of drug-likeness (QED) is 0.307. The number of hydrogen-bond acceptors (Lipinski definition) is 11. The van der Waals surface area contributed by atoms with Crippen LogP contribution in [0.2, 0.25) is 0 Å². The molecule has 2 aromatic rings. The van der Waals surface area contributed by atoms with Gasteiger partial charge in [-0.2, -0.15) is 0 Å². The van der Waals surface area contributed by atoms with Crippen LogP contribution in [0.1, 0.15) is 68.7 Å². The van der Waals surface area contributed by atoms with Gasteiger partial charge in [0.2, 0.25) is 17.7 Å². The van der Waals surface area contributed by atoms with Gasteiger partial charge in [-0.05, 0) is 36.5 Å². The molecule has 1 saturated carbocycles. The number of aliphatic hydroxyl groups is 2. The number of sulfone groups is 1. The molecular formula is C34H47N7O8S. The molecule has 1 aliphatic carbocycles. The standard InChI is InChI=1S/C34H47N7O8S/c1-50(47,48)25-9-7-21(8-10-25)16-39-17-22-12-27(39)34(46)40-19-24(41-18-23(37-38-41)11-20-5-3-2-4-6-20)13-26(40)33(45)35-15-29-32(44)31(43)28(49-29)14-30(42)36-22/h7-10,18,20,22,24,26-29,31-32,43-44H,2-6,11-17,19H2,1H3,(H,35,45)(H,36,42)/t22-,24+,26+,27+,28+,29-,31+,32-/m1/s1. The van der Waals surface area contributed by atoms with Crippen molar-refractivity contribution in [2.24, 2.45) is 5.92 Å². The van der Waals surface area contributed by atoms with E-state index in [1.807, 2.05) is 11.1 Å². The summed E-state index contributed by atoms with van der Waals surface area (Å²) in [5.41, 5.74) is 1.70. The van der Waals surface area contributed by atoms with Crippen molar-refractivity contribution in [1.82, 2.24) is 35.4 Å². The zero-order valence-electron chi connectivity index (χ0n) is 28.3. The zero-order valence-corrected chi connectivity index (χ0v) is 29.1. The number of fused-ring (bicyclic) bond motifs is 5. The lowest BCUT2D eigenvalue weighted by molar-refractivity contribution is -0.142. The number of benzene rings is 1. The summed E-state index contributed by atoms with van der Waals surface area (Å²) in [6.07, 6.45) is 5.95. The molecule has 8 atom stereocenters. The molecule has 4 saturated heterocycles. The fourth-order valence-corrected chi connectivity index (χ4v) is 9.06. The Morgan fingerprint density at radius 1 is 0.960 bits per heavy atom. The average molecular weight is 714 g/mol. The van der Waals surface area contributed by atoms with Crippen molar-refractivity contribution in [3.05, 3.63) is 41.7 Å². The van der Waals surface area contributed by atoms with E-state index >= 15 is 0 Å². The summed E-state index contributed by atoms with van der Waals surface area (Å²) in [5, 5.41) is 36.1. The predicted octanol–water partition coefficient (Wildman–Crippen LogP) is -0.285. The van der Waals surface area contributed by atoms with Crippen LogP contribution in [-0.4, -0.2) is 130 Å². The van der Waals surface area contributed by atoms with E-state index in [9.17, 15) is 33.0 Å². The minimum Gasteiger partial charge on any atom is -0.388 e. The largest absolute Gasteiger partial charge is 0.388 e. The van der Waals surface area contributed by atoms with Gasteiger partial charge >= 0.3 is 0 Å². The maximum atomic E-state index is 14.6. The number of rotatable bonds is 6. The summed E-state index contributed by atoms with van der Waals surface area (Å²) in [5.74, 6) is -0.455. The molecule has 0 radical (unpaired) electrons. The van der Waals surface area contributed by atoms with E-state index in [1.165, 1.54) is 44.2 Å². The zero-order chi connectivity index (χ0) is 35.2. The van der Waals surface area contributed by atoms with Crippen molar-refractivity contribution in [1.29, 1.82) is 0 Å². The number of ether oxygens (including phenoxy) is 1. The number of likely N-dealkylation sites (tertiary alicyclic amines) is 1. The molecule has 5 heterocycles. The molecule has 15 nitrogen and oxygen atoms in total. The summed E-state index contributed by atoms with van der Waals surface area (Å²) >= 11 is 0. The van der Waals surface area contributed by atoms with Crippen LogP contribution in [0.3, 0.4) is 0 Å². The molecule has 7 rings (SSSR count). The Kier molecular flexibility index (Phi) is 10.00. The van der Waals surface area contributed by atoms with Crippen molar-refractivity contribution in [3.8, 4) is 0 Å². The molecular weight excluding hydrogens is 666 g/mol. The van der Waals surface area contributed by atoms with Crippen molar-refractivity contribution in [3.63, 3.8) is 0 Å². The molecule has 4 bridgehead atoms. The van der Waals surface area contributed by atoms with E-state index in [4.69, 9.17) is 4.74 Å². The first kappa shape index (κ1) is 35.0. The van der Waals surface area contributed by atoms with Gasteiger partial charge in [-0.3, -0.25) is 19.3 Å². The number of aliphatic hydroxyl groups excluding tert-OH is 2. The summed E-state index contributed by atoms with van der Waals surface area (Å²) in [7, 11) is -3.38. The van der Waals surface area contributed by atoms with E-state index in [0.717, 1.165) is 23.9 Å². The highest BCUT2D eigenvalue weighted by Crippen LogP contribution is 2.33. The lowest BCUT2D eigenvalue weighted by atomic mass is 9.86. The van der Waals surface area contributed by atoms with Gasteiger partial charge in [0.15, 0.2) is 9.84 Å². The smallest absolute Gasteiger partial charge is 0.242 e. The number of hydrogen-bond donors (Lipinski definition) is 4. The third-order valence-electron chi connectivity index (χ3n) is 11.1. The van der Waals surface area contributed by atoms with Crippen molar-refractivity contribution >= 4 is 27.6 Å². The monoisotopic (exact) mass is 713 g/mol. The van der Waals surface area contributed by atoms with Crippen LogP contribution in [0.5, 0.6) is 0 Å². The van der Waals surface area contributed by atoms with E-state index in [1.54, 1.807) is 21.7 Å². The molecule has 5 aliphatic rings. The highest BCUT2D eigenvalue weighted by Gasteiger charge is 2.49. The third-order valence-corrected chi connectivity index (χ3v) is 12.3. The highest BCUT2D eigenvalue weighted by molar-refractivity contribution is 7.90. The van der Waals surface area contributed by atoms with E-state index < -0.39 is 58.3 Å². The molecule has 16 heteroatoms. The number of amides is 3. The third kappa shape index (κ3) is 7.45. The Balaban J connectivity index is 1.16. The van der Waals surface area contributed by atoms with Gasteiger partial charge in [-0.1, -0.05) is 49.5 Å². The first-order chi connectivity index (χ1) is 23.9. The molecule has 0 spiro atoms. The maximum absolute atomic E-state index is 14.6. The second-order valence-electron chi connectivity index (χ2n) is 14.8. The first-order valence-electron chi connectivity index (χ1n) is 17.8. The Labute approximate surface area is 291 Å². The minimum absolute atomic E-state index is 0.102. The van der Waals surface area contributed by atoms with Gasteiger partial charge in [0.05, 0.1) is 35.2 Å². The van der Waals surface area contributed by atoms with Crippen LogP contribution >= 0.6 is 0 Å². The van der Waals surface area contributed by atoms with Crippen LogP contribution in [-0.2, 0) is 41.9 Å². The van der Waals surface area contributed by atoms with Gasteiger partial charge in [0.1, 0.15) is 24.4 Å². The highest BCUT2D eigenvalue weighted by atomic mass is 32.2. The number of aromatic nitrogens is 3. The predicted molar refractivity (Wildman–Crippen MR) is 178 cm³/mol. The van der Waals surface area contributed by atoms with Crippen molar-refractivity contribution in [2.45, 2.75) is 118 Å². The molecule has 1 aromatic heterocycles. The van der Waals surface area contributed by atoms with Crippen LogP contribution < -0.4 is 10.6 Å². The number of nitrogens with one attached hydrogen (secondary N) is 2. The van der Waals surface area contributed by atoms with Crippen molar-refractivity contribution < 1.29 is 37.8 Å². The molecule has 5 fully saturated rings. The topological polar surface area (TPSA) is 196 Å².